The maximum absolute atomic E-state index is 13.9. The van der Waals surface area contributed by atoms with Gasteiger partial charge in [-0.05, 0) is 41.5 Å². The van der Waals surface area contributed by atoms with Crippen LogP contribution in [-0.2, 0) is 11.3 Å². The predicted octanol–water partition coefficient (Wildman–Crippen LogP) is 2.27. The van der Waals surface area contributed by atoms with Gasteiger partial charge in [0.25, 0.3) is 0 Å². The molecule has 0 amide bonds. The number of unbranched alkanes of at least 4 members (excludes halogenated alkanes) is 1. The van der Waals surface area contributed by atoms with Gasteiger partial charge in [0, 0.05) is 25.4 Å². The zero-order valence-electron chi connectivity index (χ0n) is 12.1. The predicted molar refractivity (Wildman–Crippen MR) is 78.0 cm³/mol. The van der Waals surface area contributed by atoms with Gasteiger partial charge in [0.2, 0.25) is 0 Å². The van der Waals surface area contributed by atoms with E-state index in [2.05, 4.69) is 22.4 Å². The van der Waals surface area contributed by atoms with E-state index in [1.807, 2.05) is 0 Å². The Hall–Kier alpha value is -2.02. The molecule has 0 unspecified atom stereocenters. The fourth-order valence-corrected chi connectivity index (χ4v) is 1.93. The number of aryl methyl sites for hydroxylation is 1. The van der Waals surface area contributed by atoms with E-state index in [-0.39, 0.29) is 5.82 Å². The summed E-state index contributed by atoms with van der Waals surface area (Å²) in [6.07, 6.45) is 2.95. The van der Waals surface area contributed by atoms with Gasteiger partial charge in [-0.2, -0.15) is 0 Å². The number of nitrogens with two attached hydrogens (primary N) is 1. The minimum absolute atomic E-state index is 0.312. The van der Waals surface area contributed by atoms with Crippen molar-refractivity contribution in [2.45, 2.75) is 32.7 Å². The number of benzene rings is 1. The Bertz CT molecular complexity index is 572. The average molecular weight is 293 g/mol. The van der Waals surface area contributed by atoms with Gasteiger partial charge < -0.3 is 10.5 Å². The number of aromatic nitrogens is 4. The molecule has 0 saturated heterocycles. The van der Waals surface area contributed by atoms with Crippen LogP contribution in [0, 0.1) is 5.82 Å². The monoisotopic (exact) mass is 293 g/mol. The van der Waals surface area contributed by atoms with Crippen LogP contribution < -0.4 is 5.73 Å². The van der Waals surface area contributed by atoms with Crippen molar-refractivity contribution in [3.63, 3.8) is 0 Å². The lowest BCUT2D eigenvalue weighted by molar-refractivity contribution is 0.125. The van der Waals surface area contributed by atoms with E-state index in [0.29, 0.717) is 30.2 Å². The zero-order chi connectivity index (χ0) is 15.1. The largest absolute Gasteiger partial charge is 0.399 e. The molecule has 0 spiro atoms. The second kappa shape index (κ2) is 7.68. The highest BCUT2D eigenvalue weighted by Crippen LogP contribution is 2.22. The van der Waals surface area contributed by atoms with E-state index in [0.717, 1.165) is 25.9 Å². The van der Waals surface area contributed by atoms with Gasteiger partial charge in [-0.1, -0.05) is 13.3 Å². The summed E-state index contributed by atoms with van der Waals surface area (Å²) < 4.78 is 20.9. The van der Waals surface area contributed by atoms with E-state index in [1.165, 1.54) is 18.2 Å². The number of tetrazole rings is 1. The second-order valence-electron chi connectivity index (χ2n) is 4.78. The number of nitrogens with zero attached hydrogens (tertiary/aromatic N) is 4. The molecule has 7 heteroatoms. The Balaban J connectivity index is 1.97. The number of hydrogen-bond donors (Lipinski definition) is 1. The Labute approximate surface area is 123 Å². The van der Waals surface area contributed by atoms with Gasteiger partial charge in [0.15, 0.2) is 5.82 Å². The van der Waals surface area contributed by atoms with Crippen LogP contribution in [0.1, 0.15) is 26.2 Å². The number of hydrogen-bond acceptors (Lipinski definition) is 5. The molecule has 0 bridgehead atoms. The molecule has 1 heterocycles. The van der Waals surface area contributed by atoms with Crippen LogP contribution in [0.2, 0.25) is 0 Å². The number of nitrogen functional groups attached to an aromatic ring is 1. The summed E-state index contributed by atoms with van der Waals surface area (Å²) in [5.74, 6) is -0.00666. The van der Waals surface area contributed by atoms with Crippen LogP contribution in [0.25, 0.3) is 11.4 Å². The van der Waals surface area contributed by atoms with Crippen molar-refractivity contribution in [1.29, 1.82) is 0 Å². The van der Waals surface area contributed by atoms with Crippen molar-refractivity contribution >= 4 is 5.69 Å². The lowest BCUT2D eigenvalue weighted by Crippen LogP contribution is -2.07. The molecule has 21 heavy (non-hydrogen) atoms. The third kappa shape index (κ3) is 4.22. The smallest absolute Gasteiger partial charge is 0.185 e. The highest BCUT2D eigenvalue weighted by atomic mass is 19.1. The maximum atomic E-state index is 13.9. The fourth-order valence-electron chi connectivity index (χ4n) is 1.93. The first-order valence-electron chi connectivity index (χ1n) is 7.11. The molecule has 114 valence electrons. The second-order valence-corrected chi connectivity index (χ2v) is 4.78. The van der Waals surface area contributed by atoms with E-state index in [1.54, 1.807) is 4.68 Å². The Morgan fingerprint density at radius 2 is 2.10 bits per heavy atom. The Morgan fingerprint density at radius 1 is 1.29 bits per heavy atom. The van der Waals surface area contributed by atoms with Crippen molar-refractivity contribution < 1.29 is 9.13 Å². The Morgan fingerprint density at radius 3 is 2.90 bits per heavy atom. The van der Waals surface area contributed by atoms with Crippen molar-refractivity contribution in [2.75, 3.05) is 18.9 Å². The van der Waals surface area contributed by atoms with Crippen LogP contribution in [0.4, 0.5) is 10.1 Å². The molecule has 0 aliphatic carbocycles. The van der Waals surface area contributed by atoms with Crippen LogP contribution in [0.5, 0.6) is 0 Å². The van der Waals surface area contributed by atoms with Gasteiger partial charge in [0.1, 0.15) is 5.82 Å². The topological polar surface area (TPSA) is 78.8 Å². The van der Waals surface area contributed by atoms with Crippen molar-refractivity contribution in [3.8, 4) is 11.4 Å². The number of rotatable bonds is 8. The summed E-state index contributed by atoms with van der Waals surface area (Å²) in [5.41, 5.74) is 6.48. The fraction of sp³-hybridized carbons (Fsp3) is 0.500. The lowest BCUT2D eigenvalue weighted by atomic mass is 10.2. The molecule has 0 atom stereocenters. The third-order valence-electron chi connectivity index (χ3n) is 3.06. The van der Waals surface area contributed by atoms with E-state index in [4.69, 9.17) is 10.5 Å². The summed E-state index contributed by atoms with van der Waals surface area (Å²) in [6, 6.07) is 4.36. The number of anilines is 1. The molecular formula is C14H20FN5O. The molecule has 0 aliphatic heterocycles. The summed E-state index contributed by atoms with van der Waals surface area (Å²) >= 11 is 0. The molecule has 0 fully saturated rings. The standard InChI is InChI=1S/C14H20FN5O/c1-2-3-8-21-9-4-7-20-14(17-18-19-20)12-10-11(16)5-6-13(12)15/h5-6,10H,2-4,7-9,16H2,1H3. The lowest BCUT2D eigenvalue weighted by Gasteiger charge is -2.07. The summed E-state index contributed by atoms with van der Waals surface area (Å²) in [7, 11) is 0. The molecule has 6 nitrogen and oxygen atoms in total. The summed E-state index contributed by atoms with van der Waals surface area (Å²) in [5, 5.41) is 11.4. The van der Waals surface area contributed by atoms with Crippen molar-refractivity contribution in [3.05, 3.63) is 24.0 Å². The quantitative estimate of drug-likeness (QED) is 0.596. The number of halogens is 1. The van der Waals surface area contributed by atoms with Crippen molar-refractivity contribution in [2.24, 2.45) is 0 Å². The Kier molecular flexibility index (Phi) is 5.62. The van der Waals surface area contributed by atoms with E-state index in [9.17, 15) is 4.39 Å². The molecule has 2 aromatic rings. The zero-order valence-corrected chi connectivity index (χ0v) is 12.1. The first kappa shape index (κ1) is 15.4. The third-order valence-corrected chi connectivity index (χ3v) is 3.06. The van der Waals surface area contributed by atoms with Gasteiger partial charge >= 0.3 is 0 Å². The molecule has 0 radical (unpaired) electrons. The van der Waals surface area contributed by atoms with E-state index >= 15 is 0 Å². The molecule has 2 rings (SSSR count). The molecule has 1 aromatic heterocycles. The van der Waals surface area contributed by atoms with Gasteiger partial charge in [0.05, 0.1) is 5.56 Å². The van der Waals surface area contributed by atoms with Crippen LogP contribution in [0.3, 0.4) is 0 Å². The number of ether oxygens (including phenoxy) is 1. The molecule has 0 aliphatic rings. The minimum Gasteiger partial charge on any atom is -0.399 e. The van der Waals surface area contributed by atoms with Crippen molar-refractivity contribution in [1.82, 2.24) is 20.2 Å². The SMILES string of the molecule is CCCCOCCCn1nnnc1-c1cc(N)ccc1F. The maximum Gasteiger partial charge on any atom is 0.185 e. The van der Waals surface area contributed by atoms with E-state index < -0.39 is 0 Å². The highest BCUT2D eigenvalue weighted by molar-refractivity contribution is 5.61. The first-order chi connectivity index (χ1) is 10.2. The molecule has 0 saturated carbocycles. The normalized spacial score (nSPS) is 11.0. The van der Waals surface area contributed by atoms with Gasteiger partial charge in [-0.3, -0.25) is 0 Å². The summed E-state index contributed by atoms with van der Waals surface area (Å²) in [4.78, 5) is 0. The first-order valence-corrected chi connectivity index (χ1v) is 7.11. The average Bonchev–Trinajstić information content (AvgIpc) is 2.93. The molecule has 2 N–H and O–H groups in total. The minimum atomic E-state index is -0.389. The van der Waals surface area contributed by atoms with Gasteiger partial charge in [-0.25, -0.2) is 9.07 Å². The van der Waals surface area contributed by atoms with Gasteiger partial charge in [-0.15, -0.1) is 5.10 Å². The summed E-state index contributed by atoms with van der Waals surface area (Å²) in [6.45, 7) is 4.10. The van der Waals surface area contributed by atoms with Crippen LogP contribution in [-0.4, -0.2) is 33.4 Å². The molecule has 1 aromatic carbocycles. The molecular weight excluding hydrogens is 273 g/mol. The highest BCUT2D eigenvalue weighted by Gasteiger charge is 2.13. The van der Waals surface area contributed by atoms with Crippen LogP contribution in [0.15, 0.2) is 18.2 Å². The van der Waals surface area contributed by atoms with Crippen LogP contribution >= 0.6 is 0 Å².